The van der Waals surface area contributed by atoms with Crippen LogP contribution < -0.4 is 11.1 Å². The summed E-state index contributed by atoms with van der Waals surface area (Å²) in [6.45, 7) is 7.74. The first-order chi connectivity index (χ1) is 6.17. The molecule has 0 bridgehead atoms. The molecule has 1 unspecified atom stereocenters. The van der Waals surface area contributed by atoms with E-state index in [0.29, 0.717) is 6.04 Å². The quantitative estimate of drug-likeness (QED) is 0.391. The van der Waals surface area contributed by atoms with Gasteiger partial charge in [-0.15, -0.1) is 6.58 Å². The van der Waals surface area contributed by atoms with Crippen molar-refractivity contribution in [2.45, 2.75) is 19.9 Å². The maximum Gasteiger partial charge on any atom is 0.0840 e. The zero-order chi connectivity index (χ0) is 9.84. The van der Waals surface area contributed by atoms with Crippen LogP contribution in [0.4, 0.5) is 0 Å². The second kappa shape index (κ2) is 3.99. The zero-order valence-electron chi connectivity index (χ0n) is 8.17. The van der Waals surface area contributed by atoms with Crippen LogP contribution in [0.5, 0.6) is 0 Å². The Balaban J connectivity index is 2.61. The second-order valence-corrected chi connectivity index (χ2v) is 3.26. The Morgan fingerprint density at radius 2 is 2.15 bits per heavy atom. The summed E-state index contributed by atoms with van der Waals surface area (Å²) in [5, 5.41) is 3.19. The minimum atomic E-state index is 0.380. The van der Waals surface area contributed by atoms with Crippen LogP contribution >= 0.6 is 0 Å². The van der Waals surface area contributed by atoms with Gasteiger partial charge in [-0.25, -0.2) is 0 Å². The van der Waals surface area contributed by atoms with E-state index in [9.17, 15) is 0 Å². The van der Waals surface area contributed by atoms with Gasteiger partial charge in [0.1, 0.15) is 0 Å². The number of allylic oxidation sites excluding steroid dienone is 4. The summed E-state index contributed by atoms with van der Waals surface area (Å²) < 4.78 is 0. The molecule has 0 aliphatic carbocycles. The predicted molar refractivity (Wildman–Crippen MR) is 56.9 cm³/mol. The van der Waals surface area contributed by atoms with E-state index in [1.807, 2.05) is 19.1 Å². The Morgan fingerprint density at radius 1 is 1.46 bits per heavy atom. The summed E-state index contributed by atoms with van der Waals surface area (Å²) in [5.74, 6) is 0. The summed E-state index contributed by atoms with van der Waals surface area (Å²) in [5.41, 5.74) is 8.87. The van der Waals surface area contributed by atoms with E-state index < -0.39 is 0 Å². The van der Waals surface area contributed by atoms with Gasteiger partial charge in [-0.1, -0.05) is 12.2 Å². The van der Waals surface area contributed by atoms with Crippen molar-refractivity contribution < 1.29 is 0 Å². The van der Waals surface area contributed by atoms with Gasteiger partial charge in [0.15, 0.2) is 0 Å². The van der Waals surface area contributed by atoms with Crippen molar-refractivity contribution >= 4 is 0 Å². The maximum atomic E-state index is 5.36. The van der Waals surface area contributed by atoms with Gasteiger partial charge in [-0.2, -0.15) is 0 Å². The first-order valence-corrected chi connectivity index (χ1v) is 4.35. The van der Waals surface area contributed by atoms with Crippen LogP contribution in [0.3, 0.4) is 0 Å². The number of hydrogen-bond donors (Lipinski definition) is 2. The van der Waals surface area contributed by atoms with E-state index >= 15 is 0 Å². The lowest BCUT2D eigenvalue weighted by Gasteiger charge is -1.91. The zero-order valence-corrected chi connectivity index (χ0v) is 8.17. The normalized spacial score (nSPS) is 25.7. The van der Waals surface area contributed by atoms with Crippen molar-refractivity contribution in [2.24, 2.45) is 5.73 Å². The smallest absolute Gasteiger partial charge is 0.0840 e. The molecule has 1 aliphatic rings. The second-order valence-electron chi connectivity index (χ2n) is 3.26. The molecule has 1 fully saturated rings. The van der Waals surface area contributed by atoms with E-state index in [2.05, 4.69) is 24.9 Å². The minimum Gasteiger partial charge on any atom is -0.404 e. The van der Waals surface area contributed by atoms with Gasteiger partial charge < -0.3 is 11.1 Å². The van der Waals surface area contributed by atoms with Crippen molar-refractivity contribution in [2.75, 3.05) is 0 Å². The molecule has 2 nitrogen and oxygen atoms in total. The summed E-state index contributed by atoms with van der Waals surface area (Å²) in [6, 6.07) is 0.380. The third-order valence-electron chi connectivity index (χ3n) is 1.91. The number of nitrogens with one attached hydrogen (secondary N) is 1. The van der Waals surface area contributed by atoms with E-state index in [1.165, 1.54) is 11.3 Å². The molecule has 1 saturated heterocycles. The molecule has 0 aromatic heterocycles. The molecule has 1 atom stereocenters. The summed E-state index contributed by atoms with van der Waals surface area (Å²) in [6.07, 6.45) is 7.66. The molecule has 0 aromatic carbocycles. The molecule has 1 aliphatic heterocycles. The fraction of sp³-hybridized carbons (Fsp3) is 0.273. The van der Waals surface area contributed by atoms with Gasteiger partial charge in [-0.3, -0.25) is 0 Å². The molecular formula is C11H16N2. The topological polar surface area (TPSA) is 48.0 Å². The van der Waals surface area contributed by atoms with Crippen molar-refractivity contribution in [1.82, 2.24) is 5.32 Å². The largest absolute Gasteiger partial charge is 0.404 e. The number of nitrogens with two attached hydrogens (primary N) is 1. The highest BCUT2D eigenvalue weighted by Gasteiger charge is 2.23. The van der Waals surface area contributed by atoms with Crippen molar-refractivity contribution in [3.63, 3.8) is 0 Å². The van der Waals surface area contributed by atoms with E-state index in [4.69, 9.17) is 5.73 Å². The molecule has 0 saturated carbocycles. The molecule has 0 radical (unpaired) electrons. The Labute approximate surface area is 79.5 Å². The molecule has 1 heterocycles. The highest BCUT2D eigenvalue weighted by molar-refractivity contribution is 5.39. The van der Waals surface area contributed by atoms with Crippen molar-refractivity contribution in [3.05, 3.63) is 47.9 Å². The van der Waals surface area contributed by atoms with Crippen LogP contribution in [0.2, 0.25) is 0 Å². The lowest BCUT2D eigenvalue weighted by atomic mass is 10.2. The maximum absolute atomic E-state index is 5.36. The number of hydrogen-bond acceptors (Lipinski definition) is 2. The van der Waals surface area contributed by atoms with Crippen LogP contribution in [0.25, 0.3) is 0 Å². The SMILES string of the molecule is C=CC1N\C1=C/C(C)=C\C(C)=C\N. The van der Waals surface area contributed by atoms with Gasteiger partial charge >= 0.3 is 0 Å². The molecule has 3 N–H and O–H groups in total. The van der Waals surface area contributed by atoms with E-state index in [1.54, 1.807) is 6.20 Å². The molecule has 2 heteroatoms. The molecule has 70 valence electrons. The van der Waals surface area contributed by atoms with Crippen molar-refractivity contribution in [3.8, 4) is 0 Å². The standard InChI is InChI=1S/C11H16N2/c1-4-10-11(13-10)6-8(2)5-9(3)7-12/h4-7,10,13H,1,12H2,2-3H3/b8-5-,9-7+,11-6-. The Hall–Kier alpha value is -1.44. The van der Waals surface area contributed by atoms with Crippen LogP contribution in [0.15, 0.2) is 47.9 Å². The van der Waals surface area contributed by atoms with Gasteiger partial charge in [0.2, 0.25) is 0 Å². The van der Waals surface area contributed by atoms with E-state index in [0.717, 1.165) is 5.57 Å². The molecular weight excluding hydrogens is 160 g/mol. The average Bonchev–Trinajstić information content (AvgIpc) is 2.82. The highest BCUT2D eigenvalue weighted by Crippen LogP contribution is 2.18. The average molecular weight is 176 g/mol. The first-order valence-electron chi connectivity index (χ1n) is 4.35. The van der Waals surface area contributed by atoms with Gasteiger partial charge in [0.05, 0.1) is 6.04 Å². The molecule has 0 spiro atoms. The van der Waals surface area contributed by atoms with Crippen molar-refractivity contribution in [1.29, 1.82) is 0 Å². The summed E-state index contributed by atoms with van der Waals surface area (Å²) in [7, 11) is 0. The van der Waals surface area contributed by atoms with Crippen LogP contribution in [-0.4, -0.2) is 6.04 Å². The van der Waals surface area contributed by atoms with Gasteiger partial charge in [0.25, 0.3) is 0 Å². The third-order valence-corrected chi connectivity index (χ3v) is 1.91. The Morgan fingerprint density at radius 3 is 2.62 bits per heavy atom. The summed E-state index contributed by atoms with van der Waals surface area (Å²) in [4.78, 5) is 0. The predicted octanol–water partition coefficient (Wildman–Crippen LogP) is 1.84. The monoisotopic (exact) mass is 176 g/mol. The Bertz CT molecular complexity index is 295. The molecule has 0 amide bonds. The fourth-order valence-corrected chi connectivity index (χ4v) is 1.15. The van der Waals surface area contributed by atoms with Crippen LogP contribution in [-0.2, 0) is 0 Å². The highest BCUT2D eigenvalue weighted by atomic mass is 15.1. The lowest BCUT2D eigenvalue weighted by molar-refractivity contribution is 1.21. The lowest BCUT2D eigenvalue weighted by Crippen LogP contribution is -1.81. The molecule has 1 rings (SSSR count). The first kappa shape index (κ1) is 9.65. The van der Waals surface area contributed by atoms with Gasteiger partial charge in [0, 0.05) is 5.70 Å². The van der Waals surface area contributed by atoms with Crippen LogP contribution in [0.1, 0.15) is 13.8 Å². The summed E-state index contributed by atoms with van der Waals surface area (Å²) >= 11 is 0. The fourth-order valence-electron chi connectivity index (χ4n) is 1.15. The van der Waals surface area contributed by atoms with E-state index in [-0.39, 0.29) is 0 Å². The third kappa shape index (κ3) is 2.82. The van der Waals surface area contributed by atoms with Crippen LogP contribution in [0, 0.1) is 0 Å². The molecule has 0 aromatic rings. The Kier molecular flexibility index (Phi) is 2.96. The minimum absolute atomic E-state index is 0.380. The number of rotatable bonds is 3. The molecule has 13 heavy (non-hydrogen) atoms. The van der Waals surface area contributed by atoms with Gasteiger partial charge in [-0.05, 0) is 37.3 Å².